The average Bonchev–Trinajstić information content (AvgIpc) is 3.06. The topological polar surface area (TPSA) is 49.8 Å². The maximum absolute atomic E-state index is 12.6. The number of benzene rings is 2. The number of nitrogens with zero attached hydrogens (tertiary/aromatic N) is 1. The van der Waals surface area contributed by atoms with Crippen LogP contribution in [0.15, 0.2) is 54.6 Å². The van der Waals surface area contributed by atoms with E-state index in [1.807, 2.05) is 42.5 Å². The summed E-state index contributed by atoms with van der Waals surface area (Å²) in [6.07, 6.45) is 0.476. The Morgan fingerprint density at radius 3 is 2.61 bits per heavy atom. The Balaban J connectivity index is 1.71. The molecule has 0 spiro atoms. The molecule has 1 aliphatic rings. The van der Waals surface area contributed by atoms with E-state index in [-0.39, 0.29) is 17.9 Å². The number of amides is 1. The Bertz CT molecular complexity index is 669. The second-order valence-electron chi connectivity index (χ2n) is 5.98. The highest BCUT2D eigenvalue weighted by molar-refractivity contribution is 5.94. The van der Waals surface area contributed by atoms with Crippen LogP contribution in [-0.4, -0.2) is 35.1 Å². The minimum Gasteiger partial charge on any atom is -0.457 e. The lowest BCUT2D eigenvalue weighted by Gasteiger charge is -2.18. The minimum absolute atomic E-state index is 0.00772. The van der Waals surface area contributed by atoms with Crippen molar-refractivity contribution in [2.24, 2.45) is 5.92 Å². The van der Waals surface area contributed by atoms with Crippen molar-refractivity contribution in [3.8, 4) is 11.5 Å². The predicted molar refractivity (Wildman–Crippen MR) is 88.6 cm³/mol. The van der Waals surface area contributed by atoms with Gasteiger partial charge in [0, 0.05) is 24.6 Å². The highest BCUT2D eigenvalue weighted by atomic mass is 16.5. The first-order valence-corrected chi connectivity index (χ1v) is 7.94. The molecule has 0 saturated carbocycles. The van der Waals surface area contributed by atoms with E-state index >= 15 is 0 Å². The number of aliphatic hydroxyl groups excluding tert-OH is 1. The summed E-state index contributed by atoms with van der Waals surface area (Å²) in [6, 6.07) is 16.7. The zero-order chi connectivity index (χ0) is 16.2. The van der Waals surface area contributed by atoms with Gasteiger partial charge in [0.2, 0.25) is 0 Å². The molecule has 2 unspecified atom stereocenters. The van der Waals surface area contributed by atoms with Crippen molar-refractivity contribution in [3.63, 3.8) is 0 Å². The van der Waals surface area contributed by atoms with E-state index in [9.17, 15) is 9.90 Å². The number of likely N-dealkylation sites (tertiary alicyclic amines) is 1. The molecule has 120 valence electrons. The normalized spacial score (nSPS) is 18.7. The molecule has 0 aromatic heterocycles. The summed E-state index contributed by atoms with van der Waals surface area (Å²) in [4.78, 5) is 14.4. The Morgan fingerprint density at radius 1 is 1.17 bits per heavy atom. The fourth-order valence-corrected chi connectivity index (χ4v) is 2.87. The lowest BCUT2D eigenvalue weighted by molar-refractivity contribution is 0.0762. The molecule has 1 heterocycles. The van der Waals surface area contributed by atoms with Crippen LogP contribution in [0.25, 0.3) is 0 Å². The Labute approximate surface area is 136 Å². The summed E-state index contributed by atoms with van der Waals surface area (Å²) >= 11 is 0. The standard InChI is InChI=1S/C19H21NO3/c1-14(21)16-10-11-20(13-16)19(22)15-6-5-9-18(12-15)23-17-7-3-2-4-8-17/h2-9,12,14,16,21H,10-11,13H2,1H3. The SMILES string of the molecule is CC(O)C1CCN(C(=O)c2cccc(Oc3ccccc3)c2)C1. The fourth-order valence-electron chi connectivity index (χ4n) is 2.87. The largest absolute Gasteiger partial charge is 0.457 e. The first kappa shape index (κ1) is 15.6. The number of rotatable bonds is 4. The van der Waals surface area contributed by atoms with E-state index in [1.54, 1.807) is 24.0 Å². The molecule has 0 radical (unpaired) electrons. The van der Waals surface area contributed by atoms with Crippen LogP contribution >= 0.6 is 0 Å². The van der Waals surface area contributed by atoms with Crippen molar-refractivity contribution < 1.29 is 14.6 Å². The Morgan fingerprint density at radius 2 is 1.91 bits per heavy atom. The molecule has 2 aromatic rings. The predicted octanol–water partition coefficient (Wildman–Crippen LogP) is 3.32. The van der Waals surface area contributed by atoms with Gasteiger partial charge in [0.05, 0.1) is 6.10 Å². The molecule has 1 aliphatic heterocycles. The zero-order valence-corrected chi connectivity index (χ0v) is 13.2. The molecule has 4 nitrogen and oxygen atoms in total. The van der Waals surface area contributed by atoms with Gasteiger partial charge >= 0.3 is 0 Å². The van der Waals surface area contributed by atoms with Gasteiger partial charge in [-0.2, -0.15) is 0 Å². The average molecular weight is 311 g/mol. The summed E-state index contributed by atoms with van der Waals surface area (Å²) in [5, 5.41) is 9.67. The maximum Gasteiger partial charge on any atom is 0.253 e. The van der Waals surface area contributed by atoms with Crippen LogP contribution in [0.5, 0.6) is 11.5 Å². The molecular formula is C19H21NO3. The van der Waals surface area contributed by atoms with Crippen molar-refractivity contribution >= 4 is 5.91 Å². The minimum atomic E-state index is -0.374. The first-order chi connectivity index (χ1) is 11.1. The molecule has 0 aliphatic carbocycles. The van der Waals surface area contributed by atoms with Gasteiger partial charge in [0.15, 0.2) is 0 Å². The Hall–Kier alpha value is -2.33. The molecule has 1 N–H and O–H groups in total. The number of hydrogen-bond acceptors (Lipinski definition) is 3. The number of aliphatic hydroxyl groups is 1. The van der Waals surface area contributed by atoms with E-state index < -0.39 is 0 Å². The van der Waals surface area contributed by atoms with Crippen LogP contribution in [0, 0.1) is 5.92 Å². The molecule has 4 heteroatoms. The van der Waals surface area contributed by atoms with Crippen molar-refractivity contribution in [2.45, 2.75) is 19.4 Å². The van der Waals surface area contributed by atoms with Crippen LogP contribution in [0.2, 0.25) is 0 Å². The summed E-state index contributed by atoms with van der Waals surface area (Å²) in [5.41, 5.74) is 0.615. The molecular weight excluding hydrogens is 290 g/mol. The van der Waals surface area contributed by atoms with Gasteiger partial charge in [-0.3, -0.25) is 4.79 Å². The van der Waals surface area contributed by atoms with Gasteiger partial charge in [-0.25, -0.2) is 0 Å². The monoisotopic (exact) mass is 311 g/mol. The van der Waals surface area contributed by atoms with Crippen LogP contribution in [0.4, 0.5) is 0 Å². The second kappa shape index (κ2) is 6.84. The molecule has 3 rings (SSSR count). The number of hydrogen-bond donors (Lipinski definition) is 1. The fraction of sp³-hybridized carbons (Fsp3) is 0.316. The van der Waals surface area contributed by atoms with Crippen molar-refractivity contribution in [1.82, 2.24) is 4.90 Å². The third-order valence-electron chi connectivity index (χ3n) is 4.25. The summed E-state index contributed by atoms with van der Waals surface area (Å²) in [6.45, 7) is 3.09. The third-order valence-corrected chi connectivity index (χ3v) is 4.25. The van der Waals surface area contributed by atoms with Crippen LogP contribution in [0.3, 0.4) is 0 Å². The van der Waals surface area contributed by atoms with Crippen LogP contribution in [0.1, 0.15) is 23.7 Å². The van der Waals surface area contributed by atoms with Gasteiger partial charge in [-0.05, 0) is 43.7 Å². The van der Waals surface area contributed by atoms with E-state index in [4.69, 9.17) is 4.74 Å². The van der Waals surface area contributed by atoms with Gasteiger partial charge in [-0.15, -0.1) is 0 Å². The van der Waals surface area contributed by atoms with Crippen LogP contribution in [-0.2, 0) is 0 Å². The number of ether oxygens (including phenoxy) is 1. The van der Waals surface area contributed by atoms with E-state index in [0.29, 0.717) is 24.4 Å². The summed E-state index contributed by atoms with van der Waals surface area (Å²) in [5.74, 6) is 1.55. The molecule has 1 amide bonds. The quantitative estimate of drug-likeness (QED) is 0.942. The van der Waals surface area contributed by atoms with E-state index in [1.165, 1.54) is 0 Å². The highest BCUT2D eigenvalue weighted by Gasteiger charge is 2.29. The van der Waals surface area contributed by atoms with Crippen molar-refractivity contribution in [1.29, 1.82) is 0 Å². The van der Waals surface area contributed by atoms with E-state index in [2.05, 4.69) is 0 Å². The number of para-hydroxylation sites is 1. The van der Waals surface area contributed by atoms with Gasteiger partial charge in [0.25, 0.3) is 5.91 Å². The molecule has 1 fully saturated rings. The van der Waals surface area contributed by atoms with Crippen molar-refractivity contribution in [2.75, 3.05) is 13.1 Å². The third kappa shape index (κ3) is 3.71. The lowest BCUT2D eigenvalue weighted by Crippen LogP contribution is -2.30. The summed E-state index contributed by atoms with van der Waals surface area (Å²) in [7, 11) is 0. The number of carbonyl (C=O) groups excluding carboxylic acids is 1. The van der Waals surface area contributed by atoms with Gasteiger partial charge in [-0.1, -0.05) is 24.3 Å². The highest BCUT2D eigenvalue weighted by Crippen LogP contribution is 2.25. The molecule has 1 saturated heterocycles. The molecule has 2 aromatic carbocycles. The van der Waals surface area contributed by atoms with E-state index in [0.717, 1.165) is 12.2 Å². The molecule has 23 heavy (non-hydrogen) atoms. The lowest BCUT2D eigenvalue weighted by atomic mass is 10.0. The molecule has 2 atom stereocenters. The maximum atomic E-state index is 12.6. The first-order valence-electron chi connectivity index (χ1n) is 7.94. The van der Waals surface area contributed by atoms with Crippen LogP contribution < -0.4 is 4.74 Å². The van der Waals surface area contributed by atoms with Crippen molar-refractivity contribution in [3.05, 3.63) is 60.2 Å². The second-order valence-corrected chi connectivity index (χ2v) is 5.98. The molecule has 0 bridgehead atoms. The smallest absolute Gasteiger partial charge is 0.253 e. The van der Waals surface area contributed by atoms with Gasteiger partial charge in [0.1, 0.15) is 11.5 Å². The van der Waals surface area contributed by atoms with Gasteiger partial charge < -0.3 is 14.7 Å². The zero-order valence-electron chi connectivity index (χ0n) is 13.2. The number of carbonyl (C=O) groups is 1. The summed E-state index contributed by atoms with van der Waals surface area (Å²) < 4.78 is 5.78. The Kier molecular flexibility index (Phi) is 4.63.